The van der Waals surface area contributed by atoms with Crippen molar-refractivity contribution in [1.82, 2.24) is 0 Å². The van der Waals surface area contributed by atoms with E-state index in [0.717, 1.165) is 22.4 Å². The van der Waals surface area contributed by atoms with E-state index in [1.807, 2.05) is 58.0 Å². The summed E-state index contributed by atoms with van der Waals surface area (Å²) >= 11 is 0. The molecule has 0 saturated carbocycles. The second-order valence-corrected chi connectivity index (χ2v) is 6.06. The third-order valence-electron chi connectivity index (χ3n) is 4.20. The largest absolute Gasteiger partial charge is 0.494 e. The summed E-state index contributed by atoms with van der Waals surface area (Å²) in [7, 11) is 0. The highest BCUT2D eigenvalue weighted by molar-refractivity contribution is 6.02. The maximum Gasteiger partial charge on any atom is 0.163 e. The Kier molecular flexibility index (Phi) is 5.91. The maximum absolute atomic E-state index is 12.3. The normalized spacial score (nSPS) is 10.5. The summed E-state index contributed by atoms with van der Waals surface area (Å²) in [5.41, 5.74) is 4.49. The molecule has 2 aromatic rings. The fourth-order valence-electron chi connectivity index (χ4n) is 2.57. The number of benzene rings is 2. The van der Waals surface area contributed by atoms with Crippen LogP contribution >= 0.6 is 0 Å². The third kappa shape index (κ3) is 4.31. The Morgan fingerprint density at radius 3 is 1.83 bits per heavy atom. The molecule has 3 nitrogen and oxygen atoms in total. The number of carbonyl (C=O) groups is 2. The molecular formula is C21H24O3. The van der Waals surface area contributed by atoms with E-state index in [0.29, 0.717) is 17.7 Å². The van der Waals surface area contributed by atoms with Gasteiger partial charge in [0, 0.05) is 24.0 Å². The number of ether oxygens (including phenoxy) is 1. The van der Waals surface area contributed by atoms with Crippen molar-refractivity contribution >= 4 is 11.6 Å². The van der Waals surface area contributed by atoms with Gasteiger partial charge in [0.25, 0.3) is 0 Å². The first-order chi connectivity index (χ1) is 11.4. The average Bonchev–Trinajstić information content (AvgIpc) is 2.56. The molecular weight excluding hydrogens is 300 g/mol. The van der Waals surface area contributed by atoms with Crippen LogP contribution in [0.25, 0.3) is 0 Å². The lowest BCUT2D eigenvalue weighted by Crippen LogP contribution is -2.06. The van der Waals surface area contributed by atoms with Crippen LogP contribution in [0, 0.1) is 20.8 Å². The second kappa shape index (κ2) is 7.91. The summed E-state index contributed by atoms with van der Waals surface area (Å²) in [4.78, 5) is 24.6. The SMILES string of the molecule is CCOc1ccc(C(=O)CCC(=O)c2ccc(C)c(C)c2)cc1C. The highest BCUT2D eigenvalue weighted by Gasteiger charge is 2.13. The maximum atomic E-state index is 12.3. The molecule has 0 saturated heterocycles. The molecule has 24 heavy (non-hydrogen) atoms. The molecule has 0 aliphatic heterocycles. The summed E-state index contributed by atoms with van der Waals surface area (Å²) < 4.78 is 5.48. The standard InChI is InChI=1S/C21H24O3/c1-5-24-21-11-8-18(13-16(21)4)20(23)10-9-19(22)17-7-6-14(2)15(3)12-17/h6-8,11-13H,5,9-10H2,1-4H3. The summed E-state index contributed by atoms with van der Waals surface area (Å²) in [6, 6.07) is 11.1. The molecule has 0 fully saturated rings. The Balaban J connectivity index is 2.00. The van der Waals surface area contributed by atoms with Gasteiger partial charge in [0.2, 0.25) is 0 Å². The van der Waals surface area contributed by atoms with Crippen molar-refractivity contribution in [3.63, 3.8) is 0 Å². The van der Waals surface area contributed by atoms with Gasteiger partial charge in [-0.25, -0.2) is 0 Å². The zero-order chi connectivity index (χ0) is 17.7. The quantitative estimate of drug-likeness (QED) is 0.683. The third-order valence-corrected chi connectivity index (χ3v) is 4.20. The Morgan fingerprint density at radius 2 is 1.33 bits per heavy atom. The van der Waals surface area contributed by atoms with Crippen molar-refractivity contribution in [3.8, 4) is 5.75 Å². The number of ketones is 2. The summed E-state index contributed by atoms with van der Waals surface area (Å²) in [6.45, 7) is 8.44. The van der Waals surface area contributed by atoms with Crippen molar-refractivity contribution in [2.24, 2.45) is 0 Å². The molecule has 0 aliphatic rings. The van der Waals surface area contributed by atoms with Crippen molar-refractivity contribution in [2.75, 3.05) is 6.61 Å². The van der Waals surface area contributed by atoms with Gasteiger partial charge in [-0.2, -0.15) is 0 Å². The molecule has 0 aliphatic carbocycles. The molecule has 0 atom stereocenters. The number of rotatable bonds is 7. The molecule has 126 valence electrons. The van der Waals surface area contributed by atoms with Gasteiger partial charge < -0.3 is 4.74 Å². The molecule has 2 rings (SSSR count). The first kappa shape index (κ1) is 17.9. The number of carbonyl (C=O) groups excluding carboxylic acids is 2. The fourth-order valence-corrected chi connectivity index (χ4v) is 2.57. The summed E-state index contributed by atoms with van der Waals surface area (Å²) in [5.74, 6) is 0.785. The average molecular weight is 324 g/mol. The number of hydrogen-bond acceptors (Lipinski definition) is 3. The van der Waals surface area contributed by atoms with Crippen LogP contribution in [0.1, 0.15) is 57.2 Å². The van der Waals surface area contributed by atoms with Crippen LogP contribution < -0.4 is 4.74 Å². The van der Waals surface area contributed by atoms with E-state index in [1.54, 1.807) is 6.07 Å². The number of aryl methyl sites for hydroxylation is 3. The summed E-state index contributed by atoms with van der Waals surface area (Å²) in [6.07, 6.45) is 0.451. The van der Waals surface area contributed by atoms with Gasteiger partial charge in [-0.05, 0) is 68.7 Å². The monoisotopic (exact) mass is 324 g/mol. The molecule has 0 heterocycles. The Morgan fingerprint density at radius 1 is 0.792 bits per heavy atom. The van der Waals surface area contributed by atoms with Gasteiger partial charge in [-0.15, -0.1) is 0 Å². The van der Waals surface area contributed by atoms with E-state index in [2.05, 4.69) is 0 Å². The molecule has 0 N–H and O–H groups in total. The van der Waals surface area contributed by atoms with Gasteiger partial charge in [0.05, 0.1) is 6.61 Å². The first-order valence-corrected chi connectivity index (χ1v) is 8.29. The van der Waals surface area contributed by atoms with Gasteiger partial charge in [-0.3, -0.25) is 9.59 Å². The Labute approximate surface area is 143 Å². The van der Waals surface area contributed by atoms with Crippen molar-refractivity contribution < 1.29 is 14.3 Å². The molecule has 3 heteroatoms. The first-order valence-electron chi connectivity index (χ1n) is 8.29. The van der Waals surface area contributed by atoms with Crippen LogP contribution in [0.2, 0.25) is 0 Å². The van der Waals surface area contributed by atoms with Crippen LogP contribution in [0.5, 0.6) is 5.75 Å². The zero-order valence-electron chi connectivity index (χ0n) is 14.8. The van der Waals surface area contributed by atoms with Gasteiger partial charge in [-0.1, -0.05) is 12.1 Å². The second-order valence-electron chi connectivity index (χ2n) is 6.06. The van der Waals surface area contributed by atoms with Crippen LogP contribution in [-0.4, -0.2) is 18.2 Å². The van der Waals surface area contributed by atoms with Gasteiger partial charge in [0.15, 0.2) is 11.6 Å². The molecule has 0 unspecified atom stereocenters. The smallest absolute Gasteiger partial charge is 0.163 e. The Bertz CT molecular complexity index is 760. The van der Waals surface area contributed by atoms with E-state index in [9.17, 15) is 9.59 Å². The molecule has 0 radical (unpaired) electrons. The topological polar surface area (TPSA) is 43.4 Å². The van der Waals surface area contributed by atoms with Crippen LogP contribution in [0.3, 0.4) is 0 Å². The molecule has 0 bridgehead atoms. The van der Waals surface area contributed by atoms with Crippen LogP contribution in [-0.2, 0) is 0 Å². The lowest BCUT2D eigenvalue weighted by atomic mass is 9.98. The van der Waals surface area contributed by atoms with Crippen LogP contribution in [0.4, 0.5) is 0 Å². The molecule has 0 amide bonds. The minimum absolute atomic E-state index is 0.00843. The fraction of sp³-hybridized carbons (Fsp3) is 0.333. The zero-order valence-corrected chi connectivity index (χ0v) is 14.8. The lowest BCUT2D eigenvalue weighted by Gasteiger charge is -2.09. The highest BCUT2D eigenvalue weighted by Crippen LogP contribution is 2.21. The predicted octanol–water partition coefficient (Wildman–Crippen LogP) is 4.86. The minimum atomic E-state index is -0.0154. The molecule has 0 spiro atoms. The number of hydrogen-bond donors (Lipinski definition) is 0. The van der Waals surface area contributed by atoms with E-state index in [1.165, 1.54) is 0 Å². The van der Waals surface area contributed by atoms with E-state index >= 15 is 0 Å². The lowest BCUT2D eigenvalue weighted by molar-refractivity contribution is 0.0917. The van der Waals surface area contributed by atoms with Crippen molar-refractivity contribution in [3.05, 3.63) is 64.2 Å². The van der Waals surface area contributed by atoms with Gasteiger partial charge >= 0.3 is 0 Å². The predicted molar refractivity (Wildman–Crippen MR) is 96.2 cm³/mol. The van der Waals surface area contributed by atoms with Crippen molar-refractivity contribution in [2.45, 2.75) is 40.5 Å². The van der Waals surface area contributed by atoms with E-state index < -0.39 is 0 Å². The van der Waals surface area contributed by atoms with E-state index in [-0.39, 0.29) is 24.4 Å². The molecule has 2 aromatic carbocycles. The highest BCUT2D eigenvalue weighted by atomic mass is 16.5. The minimum Gasteiger partial charge on any atom is -0.494 e. The summed E-state index contributed by atoms with van der Waals surface area (Å²) in [5, 5.41) is 0. The van der Waals surface area contributed by atoms with E-state index in [4.69, 9.17) is 4.74 Å². The molecule has 0 aromatic heterocycles. The van der Waals surface area contributed by atoms with Crippen LogP contribution in [0.15, 0.2) is 36.4 Å². The number of Topliss-reactive ketones (excluding diaryl/α,β-unsaturated/α-hetero) is 2. The van der Waals surface area contributed by atoms with Gasteiger partial charge in [0.1, 0.15) is 5.75 Å². The van der Waals surface area contributed by atoms with Crippen molar-refractivity contribution in [1.29, 1.82) is 0 Å². The Hall–Kier alpha value is -2.42.